The molecule has 8 heteroatoms. The largest absolute Gasteiger partial charge is 0.481 e. The van der Waals surface area contributed by atoms with Gasteiger partial charge in [-0.05, 0) is 57.8 Å². The molecule has 2 aliphatic rings. The number of hydrogen-bond acceptors (Lipinski definition) is 4. The third kappa shape index (κ3) is 6.99. The molecule has 0 heterocycles. The molecule has 0 aromatic carbocycles. The summed E-state index contributed by atoms with van der Waals surface area (Å²) in [5.74, 6) is -2.68. The standard InChI is InChI=1S/C22H36N2O6/c1-15(25)23-13-5-2-6-17(20(28)29)14-22(11-3-4-12-22)21(30)24-18-9-7-16(8-10-18)19(26)27/h16-18H,2-14H2,1H3,(H,23,25)(H,24,30)(H,26,27)(H,28,29). The van der Waals surface area contributed by atoms with Crippen molar-refractivity contribution < 1.29 is 29.4 Å². The van der Waals surface area contributed by atoms with Gasteiger partial charge >= 0.3 is 11.9 Å². The van der Waals surface area contributed by atoms with Crippen LogP contribution >= 0.6 is 0 Å². The van der Waals surface area contributed by atoms with Crippen molar-refractivity contribution in [2.75, 3.05) is 6.54 Å². The minimum atomic E-state index is -0.865. The van der Waals surface area contributed by atoms with Gasteiger partial charge < -0.3 is 20.8 Å². The topological polar surface area (TPSA) is 133 Å². The molecule has 0 aliphatic heterocycles. The van der Waals surface area contributed by atoms with E-state index in [0.717, 1.165) is 19.3 Å². The first-order chi connectivity index (χ1) is 14.2. The molecule has 0 aromatic rings. The first-order valence-electron chi connectivity index (χ1n) is 11.2. The Kier molecular flexibility index (Phi) is 9.11. The van der Waals surface area contributed by atoms with Gasteiger partial charge in [-0.3, -0.25) is 19.2 Å². The van der Waals surface area contributed by atoms with Gasteiger partial charge in [-0.1, -0.05) is 19.3 Å². The zero-order valence-corrected chi connectivity index (χ0v) is 18.0. The second-order valence-corrected chi connectivity index (χ2v) is 9.07. The summed E-state index contributed by atoms with van der Waals surface area (Å²) >= 11 is 0. The van der Waals surface area contributed by atoms with E-state index in [1.165, 1.54) is 6.92 Å². The lowest BCUT2D eigenvalue weighted by molar-refractivity contribution is -0.145. The third-order valence-corrected chi connectivity index (χ3v) is 6.79. The van der Waals surface area contributed by atoms with Crippen LogP contribution in [-0.4, -0.2) is 46.6 Å². The van der Waals surface area contributed by atoms with E-state index in [2.05, 4.69) is 10.6 Å². The molecule has 0 aromatic heterocycles. The highest BCUT2D eigenvalue weighted by molar-refractivity contribution is 5.84. The number of nitrogens with one attached hydrogen (secondary N) is 2. The first kappa shape index (κ1) is 24.2. The molecular formula is C22H36N2O6. The van der Waals surface area contributed by atoms with E-state index in [-0.39, 0.29) is 23.8 Å². The lowest BCUT2D eigenvalue weighted by Gasteiger charge is -2.34. The van der Waals surface area contributed by atoms with Crippen molar-refractivity contribution in [3.05, 3.63) is 0 Å². The van der Waals surface area contributed by atoms with Gasteiger partial charge in [-0.15, -0.1) is 0 Å². The van der Waals surface area contributed by atoms with E-state index in [9.17, 15) is 24.3 Å². The molecule has 1 unspecified atom stereocenters. The summed E-state index contributed by atoms with van der Waals surface area (Å²) < 4.78 is 0. The van der Waals surface area contributed by atoms with Gasteiger partial charge in [-0.2, -0.15) is 0 Å². The zero-order valence-electron chi connectivity index (χ0n) is 18.0. The van der Waals surface area contributed by atoms with Crippen LogP contribution in [0.5, 0.6) is 0 Å². The Bertz CT molecular complexity index is 621. The molecule has 0 spiro atoms. The molecule has 2 amide bonds. The summed E-state index contributed by atoms with van der Waals surface area (Å²) in [5.41, 5.74) is -0.635. The van der Waals surface area contributed by atoms with Crippen LogP contribution in [0, 0.1) is 17.3 Å². The average Bonchev–Trinajstić information content (AvgIpc) is 3.17. The number of carbonyl (C=O) groups excluding carboxylic acids is 2. The molecule has 1 atom stereocenters. The van der Waals surface area contributed by atoms with Gasteiger partial charge in [0.1, 0.15) is 0 Å². The van der Waals surface area contributed by atoms with E-state index in [1.54, 1.807) is 0 Å². The van der Waals surface area contributed by atoms with E-state index in [1.807, 2.05) is 0 Å². The number of rotatable bonds is 11. The summed E-state index contributed by atoms with van der Waals surface area (Å²) in [5, 5.41) is 24.7. The maximum Gasteiger partial charge on any atom is 0.306 e. The van der Waals surface area contributed by atoms with Gasteiger partial charge in [0.2, 0.25) is 11.8 Å². The molecule has 170 valence electrons. The molecule has 30 heavy (non-hydrogen) atoms. The number of aliphatic carboxylic acids is 2. The molecule has 2 rings (SSSR count). The molecule has 2 saturated carbocycles. The highest BCUT2D eigenvalue weighted by atomic mass is 16.4. The third-order valence-electron chi connectivity index (χ3n) is 6.79. The Morgan fingerprint density at radius 2 is 1.63 bits per heavy atom. The van der Waals surface area contributed by atoms with Crippen molar-refractivity contribution in [1.29, 1.82) is 0 Å². The maximum atomic E-state index is 13.2. The van der Waals surface area contributed by atoms with E-state index in [0.29, 0.717) is 64.3 Å². The van der Waals surface area contributed by atoms with Crippen molar-refractivity contribution in [3.8, 4) is 0 Å². The summed E-state index contributed by atoms with van der Waals surface area (Å²) in [6.07, 6.45) is 7.96. The second-order valence-electron chi connectivity index (χ2n) is 9.07. The van der Waals surface area contributed by atoms with E-state index >= 15 is 0 Å². The zero-order chi connectivity index (χ0) is 22.1. The van der Waals surface area contributed by atoms with Crippen LogP contribution in [0.4, 0.5) is 0 Å². The van der Waals surface area contributed by atoms with Crippen LogP contribution in [0.3, 0.4) is 0 Å². The van der Waals surface area contributed by atoms with E-state index in [4.69, 9.17) is 5.11 Å². The predicted octanol–water partition coefficient (Wildman–Crippen LogP) is 2.70. The van der Waals surface area contributed by atoms with Gasteiger partial charge in [-0.25, -0.2) is 0 Å². The Hall–Kier alpha value is -2.12. The first-order valence-corrected chi connectivity index (χ1v) is 11.2. The summed E-state index contributed by atoms with van der Waals surface area (Å²) in [6.45, 7) is 1.99. The monoisotopic (exact) mass is 424 g/mol. The quantitative estimate of drug-likeness (QED) is 0.377. The van der Waals surface area contributed by atoms with Crippen LogP contribution in [0.1, 0.15) is 84.0 Å². The minimum Gasteiger partial charge on any atom is -0.481 e. The number of carbonyl (C=O) groups is 4. The number of amides is 2. The fraction of sp³-hybridized carbons (Fsp3) is 0.818. The fourth-order valence-electron chi connectivity index (χ4n) is 4.96. The van der Waals surface area contributed by atoms with Crippen molar-refractivity contribution in [2.24, 2.45) is 17.3 Å². The average molecular weight is 425 g/mol. The predicted molar refractivity (Wildman–Crippen MR) is 111 cm³/mol. The number of carboxylic acids is 2. The lowest BCUT2D eigenvalue weighted by atomic mass is 9.75. The minimum absolute atomic E-state index is 0.0218. The molecule has 0 saturated heterocycles. The second kappa shape index (κ2) is 11.3. The molecule has 8 nitrogen and oxygen atoms in total. The van der Waals surface area contributed by atoms with Gasteiger partial charge in [0, 0.05) is 19.5 Å². The molecule has 0 radical (unpaired) electrons. The highest BCUT2D eigenvalue weighted by Crippen LogP contribution is 2.44. The van der Waals surface area contributed by atoms with Crippen molar-refractivity contribution in [2.45, 2.75) is 90.0 Å². The SMILES string of the molecule is CC(=O)NCCCCC(CC1(C(=O)NC2CCC(C(=O)O)CC2)CCCC1)C(=O)O. The molecule has 4 N–H and O–H groups in total. The summed E-state index contributed by atoms with van der Waals surface area (Å²) in [4.78, 5) is 47.1. The Morgan fingerprint density at radius 1 is 1.00 bits per heavy atom. The summed E-state index contributed by atoms with van der Waals surface area (Å²) in [6, 6.07) is -0.0218. The Balaban J connectivity index is 1.91. The normalized spacial score (nSPS) is 24.0. The lowest BCUT2D eigenvalue weighted by Crippen LogP contribution is -2.47. The molecule has 2 aliphatic carbocycles. The Morgan fingerprint density at radius 3 is 2.17 bits per heavy atom. The number of unbranched alkanes of at least 4 members (excludes halogenated alkanes) is 1. The number of hydrogen-bond donors (Lipinski definition) is 4. The molecule has 2 fully saturated rings. The van der Waals surface area contributed by atoms with Crippen molar-refractivity contribution >= 4 is 23.8 Å². The highest BCUT2D eigenvalue weighted by Gasteiger charge is 2.44. The Labute approximate surface area is 178 Å². The molecular weight excluding hydrogens is 388 g/mol. The van der Waals surface area contributed by atoms with Crippen LogP contribution < -0.4 is 10.6 Å². The van der Waals surface area contributed by atoms with Crippen LogP contribution in [-0.2, 0) is 19.2 Å². The van der Waals surface area contributed by atoms with Crippen LogP contribution in [0.25, 0.3) is 0 Å². The maximum absolute atomic E-state index is 13.2. The summed E-state index contributed by atoms with van der Waals surface area (Å²) in [7, 11) is 0. The fourth-order valence-corrected chi connectivity index (χ4v) is 4.96. The van der Waals surface area contributed by atoms with Crippen molar-refractivity contribution in [1.82, 2.24) is 10.6 Å². The smallest absolute Gasteiger partial charge is 0.306 e. The van der Waals surface area contributed by atoms with Crippen LogP contribution in [0.15, 0.2) is 0 Å². The van der Waals surface area contributed by atoms with Gasteiger partial charge in [0.25, 0.3) is 0 Å². The number of carboxylic acid groups (broad SMARTS) is 2. The van der Waals surface area contributed by atoms with Crippen LogP contribution in [0.2, 0.25) is 0 Å². The van der Waals surface area contributed by atoms with Crippen molar-refractivity contribution in [3.63, 3.8) is 0 Å². The molecule has 0 bridgehead atoms. The van der Waals surface area contributed by atoms with E-state index < -0.39 is 23.3 Å². The van der Waals surface area contributed by atoms with Gasteiger partial charge in [0.05, 0.1) is 17.3 Å². The van der Waals surface area contributed by atoms with Gasteiger partial charge in [0.15, 0.2) is 0 Å².